The first-order chi connectivity index (χ1) is 11.5. The van der Waals surface area contributed by atoms with Crippen LogP contribution in [-0.2, 0) is 24.3 Å². The summed E-state index contributed by atoms with van der Waals surface area (Å²) in [5, 5.41) is 7.44. The van der Waals surface area contributed by atoms with Crippen LogP contribution >= 0.6 is 0 Å². The molecule has 138 valence electrons. The predicted molar refractivity (Wildman–Crippen MR) is 80.1 cm³/mol. The van der Waals surface area contributed by atoms with Gasteiger partial charge in [0.25, 0.3) is 11.8 Å². The van der Waals surface area contributed by atoms with Crippen molar-refractivity contribution in [3.8, 4) is 0 Å². The Morgan fingerprint density at radius 3 is 2.40 bits per heavy atom. The highest BCUT2D eigenvalue weighted by Crippen LogP contribution is 2.52. The molecule has 0 radical (unpaired) electrons. The highest BCUT2D eigenvalue weighted by molar-refractivity contribution is 7.80. The zero-order valence-electron chi connectivity index (χ0n) is 13.7. The Bertz CT molecular complexity index is 762. The standard InChI is InChI=1S/C13H18N4O7S/c1-13(2)5-8(13)10(18)14-15-11(19)9-4-3-7-6-16(9)12(20)17(7)24-25(21,22)23/h7-9H,3-6H2,1-2H3,(H,21,22,23)/b15-14+/t7-,8?,9-/m0/s1. The van der Waals surface area contributed by atoms with Crippen LogP contribution in [0.1, 0.15) is 33.1 Å². The second kappa shape index (κ2) is 5.81. The number of amides is 4. The average Bonchev–Trinajstić information content (AvgIpc) is 3.10. The first kappa shape index (κ1) is 17.9. The third-order valence-electron chi connectivity index (χ3n) is 4.84. The molecule has 4 amide bonds. The molecule has 1 N–H and O–H groups in total. The van der Waals surface area contributed by atoms with Crippen LogP contribution in [0.15, 0.2) is 10.2 Å². The monoisotopic (exact) mass is 374 g/mol. The molecule has 1 unspecified atom stereocenters. The summed E-state index contributed by atoms with van der Waals surface area (Å²) >= 11 is 0. The van der Waals surface area contributed by atoms with E-state index in [9.17, 15) is 22.8 Å². The van der Waals surface area contributed by atoms with Gasteiger partial charge in [0.05, 0.1) is 6.04 Å². The van der Waals surface area contributed by atoms with Crippen LogP contribution < -0.4 is 0 Å². The third-order valence-corrected chi connectivity index (χ3v) is 5.19. The second-order valence-corrected chi connectivity index (χ2v) is 8.14. The maximum absolute atomic E-state index is 12.2. The number of azo groups is 1. The van der Waals surface area contributed by atoms with Gasteiger partial charge in [-0.2, -0.15) is 13.5 Å². The first-order valence-corrected chi connectivity index (χ1v) is 9.12. The normalized spacial score (nSPS) is 30.8. The molecule has 0 aromatic carbocycles. The van der Waals surface area contributed by atoms with Crippen LogP contribution in [-0.4, -0.2) is 59.4 Å². The van der Waals surface area contributed by atoms with Crippen molar-refractivity contribution in [3.05, 3.63) is 0 Å². The first-order valence-electron chi connectivity index (χ1n) is 7.76. The topological polar surface area (TPSA) is 146 Å². The van der Waals surface area contributed by atoms with Gasteiger partial charge >= 0.3 is 16.4 Å². The van der Waals surface area contributed by atoms with Gasteiger partial charge in [0.15, 0.2) is 0 Å². The molecule has 3 fully saturated rings. The molecule has 3 rings (SSSR count). The number of hydrogen-bond donors (Lipinski definition) is 1. The zero-order chi connectivity index (χ0) is 18.6. The number of piperidine rings is 1. The molecule has 1 aliphatic carbocycles. The molecule has 0 aromatic heterocycles. The molecule has 2 heterocycles. The molecule has 2 saturated heterocycles. The number of hydroxylamine groups is 2. The summed E-state index contributed by atoms with van der Waals surface area (Å²) in [6, 6.07) is -2.39. The number of fused-ring (bicyclic) bond motifs is 2. The van der Waals surface area contributed by atoms with Gasteiger partial charge in [-0.1, -0.05) is 13.8 Å². The molecular weight excluding hydrogens is 356 g/mol. The van der Waals surface area contributed by atoms with E-state index in [0.29, 0.717) is 11.5 Å². The van der Waals surface area contributed by atoms with Gasteiger partial charge in [-0.05, 0) is 24.7 Å². The Kier molecular flexibility index (Phi) is 4.16. The zero-order valence-corrected chi connectivity index (χ0v) is 14.5. The molecule has 2 bridgehead atoms. The van der Waals surface area contributed by atoms with Crippen LogP contribution in [0, 0.1) is 11.3 Å². The lowest BCUT2D eigenvalue weighted by atomic mass is 10.0. The smallest absolute Gasteiger partial charge is 0.308 e. The van der Waals surface area contributed by atoms with Crippen LogP contribution in [0.3, 0.4) is 0 Å². The minimum absolute atomic E-state index is 0.0594. The van der Waals surface area contributed by atoms with Gasteiger partial charge in [-0.15, -0.1) is 14.5 Å². The van der Waals surface area contributed by atoms with E-state index in [0.717, 1.165) is 4.90 Å². The fourth-order valence-electron chi connectivity index (χ4n) is 3.21. The van der Waals surface area contributed by atoms with E-state index in [-0.39, 0.29) is 30.7 Å². The lowest BCUT2D eigenvalue weighted by Crippen LogP contribution is -2.44. The molecule has 2 aliphatic heterocycles. The molecule has 1 saturated carbocycles. The minimum atomic E-state index is -4.85. The molecule has 0 aromatic rings. The van der Waals surface area contributed by atoms with Gasteiger partial charge in [0, 0.05) is 12.5 Å². The number of nitrogens with zero attached hydrogens (tertiary/aromatic N) is 4. The summed E-state index contributed by atoms with van der Waals surface area (Å²) in [6.45, 7) is 3.89. The summed E-state index contributed by atoms with van der Waals surface area (Å²) in [6.07, 6.45) is 1.20. The van der Waals surface area contributed by atoms with Crippen molar-refractivity contribution in [2.45, 2.75) is 45.2 Å². The van der Waals surface area contributed by atoms with E-state index in [1.807, 2.05) is 13.8 Å². The molecule has 0 spiro atoms. The van der Waals surface area contributed by atoms with E-state index >= 15 is 0 Å². The quantitative estimate of drug-likeness (QED) is 0.558. The van der Waals surface area contributed by atoms with E-state index in [2.05, 4.69) is 14.5 Å². The highest BCUT2D eigenvalue weighted by atomic mass is 32.3. The third kappa shape index (κ3) is 3.55. The van der Waals surface area contributed by atoms with Crippen molar-refractivity contribution in [1.82, 2.24) is 9.96 Å². The van der Waals surface area contributed by atoms with E-state index < -0.39 is 40.3 Å². The largest absolute Gasteiger partial charge is 0.418 e. The van der Waals surface area contributed by atoms with Crippen LogP contribution in [0.2, 0.25) is 0 Å². The van der Waals surface area contributed by atoms with Gasteiger partial charge in [-0.3, -0.25) is 14.1 Å². The lowest BCUT2D eigenvalue weighted by Gasteiger charge is -2.27. The number of urea groups is 1. The summed E-state index contributed by atoms with van der Waals surface area (Å²) < 4.78 is 34.6. The van der Waals surface area contributed by atoms with Crippen molar-refractivity contribution >= 4 is 28.2 Å². The maximum Gasteiger partial charge on any atom is 0.418 e. The molecule has 25 heavy (non-hydrogen) atoms. The number of rotatable bonds is 4. The van der Waals surface area contributed by atoms with E-state index in [1.165, 1.54) is 0 Å². The van der Waals surface area contributed by atoms with Crippen molar-refractivity contribution in [3.63, 3.8) is 0 Å². The SMILES string of the molecule is CC1(C)CC1C(=O)/N=N/C(=O)[C@@H]1CC[C@H]2CN1C(=O)N2OS(=O)(=O)O. The Morgan fingerprint density at radius 1 is 1.24 bits per heavy atom. The van der Waals surface area contributed by atoms with Crippen molar-refractivity contribution in [2.24, 2.45) is 21.6 Å². The number of carbonyl (C=O) groups is 3. The molecule has 12 heteroatoms. The molecule has 3 aliphatic rings. The van der Waals surface area contributed by atoms with Crippen LogP contribution in [0.5, 0.6) is 0 Å². The molecule has 3 atom stereocenters. The van der Waals surface area contributed by atoms with Gasteiger partial charge in [0.2, 0.25) is 0 Å². The number of carbonyl (C=O) groups excluding carboxylic acids is 3. The van der Waals surface area contributed by atoms with Crippen molar-refractivity contribution < 1.29 is 31.6 Å². The summed E-state index contributed by atoms with van der Waals surface area (Å²) in [5.74, 6) is -1.45. The van der Waals surface area contributed by atoms with Crippen LogP contribution in [0.4, 0.5) is 4.79 Å². The summed E-state index contributed by atoms with van der Waals surface area (Å²) in [7, 11) is -4.85. The highest BCUT2D eigenvalue weighted by Gasteiger charge is 2.51. The maximum atomic E-state index is 12.2. The number of hydrogen-bond acceptors (Lipinski definition) is 6. The molecule has 11 nitrogen and oxygen atoms in total. The van der Waals surface area contributed by atoms with Crippen molar-refractivity contribution in [1.29, 1.82) is 0 Å². The minimum Gasteiger partial charge on any atom is -0.308 e. The predicted octanol–water partition coefficient (Wildman–Crippen LogP) is 0.541. The van der Waals surface area contributed by atoms with E-state index in [4.69, 9.17) is 4.55 Å². The van der Waals surface area contributed by atoms with Crippen LogP contribution in [0.25, 0.3) is 0 Å². The Labute approximate surface area is 143 Å². The Hall–Kier alpha value is -1.92. The van der Waals surface area contributed by atoms with Gasteiger partial charge in [-0.25, -0.2) is 4.79 Å². The Balaban J connectivity index is 1.65. The average molecular weight is 374 g/mol. The van der Waals surface area contributed by atoms with Gasteiger partial charge in [0.1, 0.15) is 6.04 Å². The van der Waals surface area contributed by atoms with Gasteiger partial charge < -0.3 is 4.90 Å². The van der Waals surface area contributed by atoms with Crippen molar-refractivity contribution in [2.75, 3.05) is 6.54 Å². The summed E-state index contributed by atoms with van der Waals surface area (Å²) in [5.41, 5.74) is -0.129. The van der Waals surface area contributed by atoms with E-state index in [1.54, 1.807) is 0 Å². The fraction of sp³-hybridized carbons (Fsp3) is 0.769. The Morgan fingerprint density at radius 2 is 1.84 bits per heavy atom. The molecular formula is C13H18N4O7S. The summed E-state index contributed by atoms with van der Waals surface area (Å²) in [4.78, 5) is 37.3. The lowest BCUT2D eigenvalue weighted by molar-refractivity contribution is -0.125. The second-order valence-electron chi connectivity index (χ2n) is 7.13. The fourth-order valence-corrected chi connectivity index (χ4v) is 3.60.